The minimum Gasteiger partial charge on any atom is -0.485 e. The summed E-state index contributed by atoms with van der Waals surface area (Å²) >= 11 is 0. The van der Waals surface area contributed by atoms with Gasteiger partial charge in [0, 0.05) is 0 Å². The molecule has 0 atom stereocenters. The second-order valence-electron chi connectivity index (χ2n) is 4.64. The van der Waals surface area contributed by atoms with Crippen molar-refractivity contribution in [2.24, 2.45) is 0 Å². The molecule has 0 spiro atoms. The first-order valence-electron chi connectivity index (χ1n) is 5.21. The van der Waals surface area contributed by atoms with Crippen LogP contribution in [0.4, 0.5) is 4.39 Å². The Balaban J connectivity index is 2.30. The molecule has 0 aliphatic heterocycles. The Morgan fingerprint density at radius 2 is 1.93 bits per heavy atom. The standard InChI is InChI=1S/C12H18FNO/c1-12(2,3)14-8-9-15-11-7-5-4-6-10(11)13/h4-7,14H,8-9H2,1-3H3/p+1. The Hall–Kier alpha value is -1.09. The number of benzene rings is 1. The predicted octanol–water partition coefficient (Wildman–Crippen LogP) is 1.57. The lowest BCUT2D eigenvalue weighted by Crippen LogP contribution is -2.95. The van der Waals surface area contributed by atoms with Crippen LogP contribution in [0.2, 0.25) is 0 Å². The molecule has 0 amide bonds. The summed E-state index contributed by atoms with van der Waals surface area (Å²) < 4.78 is 18.4. The second kappa shape index (κ2) is 5.12. The van der Waals surface area contributed by atoms with Crippen molar-refractivity contribution in [2.45, 2.75) is 26.3 Å². The Kier molecular flexibility index (Phi) is 4.09. The number of ether oxygens (including phenoxy) is 1. The SMILES string of the molecule is CC(C)(C)[NH2+]CCOc1ccccc1F. The molecule has 0 saturated carbocycles. The van der Waals surface area contributed by atoms with Crippen LogP contribution in [0.1, 0.15) is 20.8 Å². The summed E-state index contributed by atoms with van der Waals surface area (Å²) in [6.07, 6.45) is 0. The Morgan fingerprint density at radius 1 is 1.27 bits per heavy atom. The van der Waals surface area contributed by atoms with Crippen LogP contribution in [-0.4, -0.2) is 18.7 Å². The number of nitrogens with two attached hydrogens (primary N) is 1. The average molecular weight is 212 g/mol. The van der Waals surface area contributed by atoms with Gasteiger partial charge in [-0.15, -0.1) is 0 Å². The summed E-state index contributed by atoms with van der Waals surface area (Å²) in [7, 11) is 0. The average Bonchev–Trinajstić information content (AvgIpc) is 2.13. The number of hydrogen-bond donors (Lipinski definition) is 1. The molecule has 0 radical (unpaired) electrons. The molecule has 1 rings (SSSR count). The molecule has 0 fully saturated rings. The van der Waals surface area contributed by atoms with Gasteiger partial charge in [0.2, 0.25) is 0 Å². The van der Waals surface area contributed by atoms with Crippen LogP contribution in [0.25, 0.3) is 0 Å². The van der Waals surface area contributed by atoms with Crippen LogP contribution in [-0.2, 0) is 0 Å². The van der Waals surface area contributed by atoms with Gasteiger partial charge in [0.15, 0.2) is 11.6 Å². The van der Waals surface area contributed by atoms with Crippen molar-refractivity contribution in [2.75, 3.05) is 13.2 Å². The molecule has 0 saturated heterocycles. The topological polar surface area (TPSA) is 25.8 Å². The van der Waals surface area contributed by atoms with Gasteiger partial charge in [0.25, 0.3) is 0 Å². The maximum Gasteiger partial charge on any atom is 0.165 e. The Bertz CT molecular complexity index is 307. The van der Waals surface area contributed by atoms with Crippen LogP contribution in [0.3, 0.4) is 0 Å². The van der Waals surface area contributed by atoms with Crippen LogP contribution in [0.15, 0.2) is 24.3 Å². The zero-order valence-electron chi connectivity index (χ0n) is 9.59. The minimum absolute atomic E-state index is 0.193. The molecule has 0 aromatic heterocycles. The fraction of sp³-hybridized carbons (Fsp3) is 0.500. The highest BCUT2D eigenvalue weighted by Crippen LogP contribution is 2.14. The van der Waals surface area contributed by atoms with Crippen molar-refractivity contribution in [3.8, 4) is 5.75 Å². The molecular formula is C12H19FNO+. The lowest BCUT2D eigenvalue weighted by molar-refractivity contribution is -0.717. The molecule has 1 aromatic rings. The first-order chi connectivity index (χ1) is 6.99. The highest BCUT2D eigenvalue weighted by molar-refractivity contribution is 5.23. The van der Waals surface area contributed by atoms with Crippen molar-refractivity contribution in [3.05, 3.63) is 30.1 Å². The molecular weight excluding hydrogens is 193 g/mol. The minimum atomic E-state index is -0.298. The second-order valence-corrected chi connectivity index (χ2v) is 4.64. The van der Waals surface area contributed by atoms with Gasteiger partial charge in [-0.1, -0.05) is 12.1 Å². The van der Waals surface area contributed by atoms with Gasteiger partial charge in [-0.25, -0.2) is 4.39 Å². The van der Waals surface area contributed by atoms with E-state index in [4.69, 9.17) is 4.74 Å². The molecule has 3 heteroatoms. The van der Waals surface area contributed by atoms with E-state index in [-0.39, 0.29) is 11.4 Å². The zero-order valence-corrected chi connectivity index (χ0v) is 9.59. The van der Waals surface area contributed by atoms with Gasteiger partial charge in [-0.3, -0.25) is 0 Å². The highest BCUT2D eigenvalue weighted by Gasteiger charge is 2.12. The summed E-state index contributed by atoms with van der Waals surface area (Å²) in [6.45, 7) is 7.76. The lowest BCUT2D eigenvalue weighted by Gasteiger charge is -2.16. The van der Waals surface area contributed by atoms with E-state index in [2.05, 4.69) is 26.1 Å². The summed E-state index contributed by atoms with van der Waals surface area (Å²) in [4.78, 5) is 0. The molecule has 2 nitrogen and oxygen atoms in total. The van der Waals surface area contributed by atoms with Gasteiger partial charge in [0.05, 0.1) is 5.54 Å². The number of hydrogen-bond acceptors (Lipinski definition) is 1. The quantitative estimate of drug-likeness (QED) is 0.753. The largest absolute Gasteiger partial charge is 0.485 e. The van der Waals surface area contributed by atoms with Crippen molar-refractivity contribution in [1.82, 2.24) is 0 Å². The van der Waals surface area contributed by atoms with Crippen molar-refractivity contribution >= 4 is 0 Å². The zero-order chi connectivity index (χ0) is 11.3. The molecule has 0 aliphatic carbocycles. The van der Waals surface area contributed by atoms with E-state index in [0.29, 0.717) is 12.4 Å². The lowest BCUT2D eigenvalue weighted by atomic mass is 10.1. The molecule has 15 heavy (non-hydrogen) atoms. The highest BCUT2D eigenvalue weighted by atomic mass is 19.1. The molecule has 0 heterocycles. The number of quaternary nitrogens is 1. The summed E-state index contributed by atoms with van der Waals surface area (Å²) in [5.41, 5.74) is 0.193. The number of para-hydroxylation sites is 1. The monoisotopic (exact) mass is 212 g/mol. The van der Waals surface area contributed by atoms with Gasteiger partial charge >= 0.3 is 0 Å². The molecule has 1 aromatic carbocycles. The van der Waals surface area contributed by atoms with Crippen molar-refractivity contribution < 1.29 is 14.4 Å². The van der Waals surface area contributed by atoms with E-state index in [1.54, 1.807) is 18.2 Å². The van der Waals surface area contributed by atoms with Crippen LogP contribution in [0.5, 0.6) is 5.75 Å². The van der Waals surface area contributed by atoms with E-state index in [0.717, 1.165) is 6.54 Å². The van der Waals surface area contributed by atoms with Crippen LogP contribution < -0.4 is 10.1 Å². The van der Waals surface area contributed by atoms with E-state index in [9.17, 15) is 4.39 Å². The summed E-state index contributed by atoms with van der Waals surface area (Å²) in [5, 5.41) is 2.17. The van der Waals surface area contributed by atoms with Crippen molar-refractivity contribution in [3.63, 3.8) is 0 Å². The summed E-state index contributed by atoms with van der Waals surface area (Å²) in [5.74, 6) is 0.0352. The third kappa shape index (κ3) is 4.79. The van der Waals surface area contributed by atoms with Crippen LogP contribution >= 0.6 is 0 Å². The molecule has 0 bridgehead atoms. The van der Waals surface area contributed by atoms with Crippen LogP contribution in [0, 0.1) is 5.82 Å². The van der Waals surface area contributed by atoms with E-state index in [1.807, 2.05) is 0 Å². The maximum absolute atomic E-state index is 13.1. The van der Waals surface area contributed by atoms with E-state index < -0.39 is 0 Å². The van der Waals surface area contributed by atoms with Gasteiger partial charge in [-0.05, 0) is 32.9 Å². The predicted molar refractivity (Wildman–Crippen MR) is 58.4 cm³/mol. The number of halogens is 1. The first kappa shape index (κ1) is 12.0. The Labute approximate surface area is 90.4 Å². The van der Waals surface area contributed by atoms with Gasteiger partial charge in [-0.2, -0.15) is 0 Å². The summed E-state index contributed by atoms with van der Waals surface area (Å²) in [6, 6.07) is 6.48. The fourth-order valence-electron chi connectivity index (χ4n) is 1.22. The first-order valence-corrected chi connectivity index (χ1v) is 5.21. The smallest absolute Gasteiger partial charge is 0.165 e. The van der Waals surface area contributed by atoms with Gasteiger partial charge in [0.1, 0.15) is 13.2 Å². The molecule has 0 aliphatic rings. The normalized spacial score (nSPS) is 11.5. The molecule has 84 valence electrons. The van der Waals surface area contributed by atoms with E-state index in [1.165, 1.54) is 6.07 Å². The van der Waals surface area contributed by atoms with Crippen molar-refractivity contribution in [1.29, 1.82) is 0 Å². The third-order valence-electron chi connectivity index (χ3n) is 1.97. The Morgan fingerprint density at radius 3 is 2.53 bits per heavy atom. The number of rotatable bonds is 4. The maximum atomic E-state index is 13.1. The van der Waals surface area contributed by atoms with Gasteiger partial charge < -0.3 is 10.1 Å². The molecule has 2 N–H and O–H groups in total. The molecule has 0 unspecified atom stereocenters. The third-order valence-corrected chi connectivity index (χ3v) is 1.97. The fourth-order valence-corrected chi connectivity index (χ4v) is 1.22. The van der Waals surface area contributed by atoms with E-state index >= 15 is 0 Å².